The van der Waals surface area contributed by atoms with Gasteiger partial charge in [-0.3, -0.25) is 9.59 Å². The van der Waals surface area contributed by atoms with Crippen LogP contribution in [0.25, 0.3) is 16.5 Å². The second kappa shape index (κ2) is 9.73. The molecule has 0 aliphatic heterocycles. The molecule has 0 aliphatic rings. The van der Waals surface area contributed by atoms with E-state index in [0.717, 1.165) is 21.7 Å². The van der Waals surface area contributed by atoms with Crippen molar-refractivity contribution >= 4 is 40.7 Å². The van der Waals surface area contributed by atoms with E-state index in [2.05, 4.69) is 10.5 Å². The molecule has 2 heterocycles. The molecule has 1 N–H and O–H groups in total. The lowest BCUT2D eigenvalue weighted by Crippen LogP contribution is -2.26. The average molecular weight is 445 g/mol. The van der Waals surface area contributed by atoms with E-state index >= 15 is 0 Å². The van der Waals surface area contributed by atoms with Gasteiger partial charge in [0, 0.05) is 16.5 Å². The van der Waals surface area contributed by atoms with Crippen molar-refractivity contribution in [2.45, 2.75) is 20.8 Å². The van der Waals surface area contributed by atoms with E-state index in [-0.39, 0.29) is 18.3 Å². The van der Waals surface area contributed by atoms with Crippen LogP contribution in [-0.2, 0) is 4.79 Å². The number of carbonyl (C=O) groups is 2. The van der Waals surface area contributed by atoms with Gasteiger partial charge in [-0.25, -0.2) is 0 Å². The maximum Gasteiger partial charge on any atom is 0.244 e. The number of nitrogens with one attached hydrogen (secondary N) is 1. The van der Waals surface area contributed by atoms with E-state index in [9.17, 15) is 9.59 Å². The predicted octanol–water partition coefficient (Wildman–Crippen LogP) is 5.08. The first-order valence-corrected chi connectivity index (χ1v) is 10.5. The molecule has 0 unspecified atom stereocenters. The predicted molar refractivity (Wildman–Crippen MR) is 118 cm³/mol. The molecule has 0 radical (unpaired) electrons. The molecule has 0 spiro atoms. The standard InChI is InChI=1S/C22H21ClN2O4S/c1-13-17(15(3)29-25-13)5-9-22(27)24-10-11-28-19-6-4-16(12-18(19)23)21-8-7-20(30-21)14(2)26/h4-9,12H,10-11H2,1-3H3,(H,24,27). The number of benzene rings is 1. The first-order valence-electron chi connectivity index (χ1n) is 9.27. The van der Waals surface area contributed by atoms with E-state index in [1.54, 1.807) is 32.1 Å². The molecule has 8 heteroatoms. The molecule has 0 atom stereocenters. The fraction of sp³-hybridized carbons (Fsp3) is 0.227. The third-order valence-electron chi connectivity index (χ3n) is 4.32. The second-order valence-corrected chi connectivity index (χ2v) is 8.07. The summed E-state index contributed by atoms with van der Waals surface area (Å²) in [6.45, 7) is 5.76. The fourth-order valence-electron chi connectivity index (χ4n) is 2.73. The summed E-state index contributed by atoms with van der Waals surface area (Å²) in [5.74, 6) is 1.00. The van der Waals surface area contributed by atoms with E-state index in [0.29, 0.717) is 28.0 Å². The van der Waals surface area contributed by atoms with Crippen molar-refractivity contribution in [1.29, 1.82) is 0 Å². The van der Waals surface area contributed by atoms with Gasteiger partial charge >= 0.3 is 0 Å². The molecule has 6 nitrogen and oxygen atoms in total. The number of thiophene rings is 1. The molecule has 1 aromatic carbocycles. The van der Waals surface area contributed by atoms with E-state index < -0.39 is 0 Å². The molecule has 0 saturated carbocycles. The summed E-state index contributed by atoms with van der Waals surface area (Å²) in [6, 6.07) is 9.19. The summed E-state index contributed by atoms with van der Waals surface area (Å²) in [6.07, 6.45) is 3.11. The normalized spacial score (nSPS) is 11.1. The highest BCUT2D eigenvalue weighted by Gasteiger charge is 2.10. The smallest absolute Gasteiger partial charge is 0.244 e. The van der Waals surface area contributed by atoms with Crippen LogP contribution >= 0.6 is 22.9 Å². The molecule has 0 aliphatic carbocycles. The van der Waals surface area contributed by atoms with Crippen LogP contribution in [0.2, 0.25) is 5.02 Å². The van der Waals surface area contributed by atoms with Crippen LogP contribution in [0.5, 0.6) is 5.75 Å². The molecule has 1 amide bonds. The topological polar surface area (TPSA) is 81.4 Å². The summed E-state index contributed by atoms with van der Waals surface area (Å²) >= 11 is 7.75. The summed E-state index contributed by atoms with van der Waals surface area (Å²) in [5, 5.41) is 7.06. The molecular weight excluding hydrogens is 424 g/mol. The molecule has 156 valence electrons. The highest BCUT2D eigenvalue weighted by Crippen LogP contribution is 2.34. The molecule has 0 saturated heterocycles. The average Bonchev–Trinajstić information content (AvgIpc) is 3.32. The van der Waals surface area contributed by atoms with Crippen molar-refractivity contribution in [2.24, 2.45) is 0 Å². The van der Waals surface area contributed by atoms with Crippen LogP contribution in [0.4, 0.5) is 0 Å². The monoisotopic (exact) mass is 444 g/mol. The van der Waals surface area contributed by atoms with Gasteiger partial charge in [-0.05, 0) is 62.7 Å². The van der Waals surface area contributed by atoms with Crippen LogP contribution < -0.4 is 10.1 Å². The molecule has 3 rings (SSSR count). The second-order valence-electron chi connectivity index (χ2n) is 6.58. The van der Waals surface area contributed by atoms with Gasteiger partial charge in [-0.2, -0.15) is 0 Å². The zero-order chi connectivity index (χ0) is 21.7. The van der Waals surface area contributed by atoms with Crippen molar-refractivity contribution in [3.05, 3.63) is 63.3 Å². The number of Topliss-reactive ketones (excluding diaryl/α,β-unsaturated/α-hetero) is 1. The number of amides is 1. The Labute approximate surface area is 183 Å². The maximum absolute atomic E-state index is 11.9. The van der Waals surface area contributed by atoms with Crippen molar-refractivity contribution in [1.82, 2.24) is 10.5 Å². The van der Waals surface area contributed by atoms with Crippen molar-refractivity contribution in [2.75, 3.05) is 13.2 Å². The van der Waals surface area contributed by atoms with Gasteiger partial charge < -0.3 is 14.6 Å². The van der Waals surface area contributed by atoms with Crippen LogP contribution in [-0.4, -0.2) is 30.0 Å². The maximum atomic E-state index is 11.9. The Morgan fingerprint density at radius 2 is 2.07 bits per heavy atom. The first-order chi connectivity index (χ1) is 14.3. The minimum Gasteiger partial charge on any atom is -0.490 e. The number of hydrogen-bond acceptors (Lipinski definition) is 6. The molecular formula is C22H21ClN2O4S. The number of halogens is 1. The molecule has 30 heavy (non-hydrogen) atoms. The van der Waals surface area contributed by atoms with Crippen LogP contribution in [0, 0.1) is 13.8 Å². The third kappa shape index (κ3) is 5.37. The summed E-state index contributed by atoms with van der Waals surface area (Å²) < 4.78 is 10.7. The summed E-state index contributed by atoms with van der Waals surface area (Å²) in [7, 11) is 0. The fourth-order valence-corrected chi connectivity index (χ4v) is 3.87. The van der Waals surface area contributed by atoms with Gasteiger partial charge in [-0.1, -0.05) is 16.8 Å². The minimum absolute atomic E-state index is 0.0425. The molecule has 2 aromatic heterocycles. The zero-order valence-corrected chi connectivity index (χ0v) is 18.4. The Hall–Kier alpha value is -2.90. The lowest BCUT2D eigenvalue weighted by atomic mass is 10.2. The van der Waals surface area contributed by atoms with E-state index in [1.165, 1.54) is 17.4 Å². The number of ether oxygens (including phenoxy) is 1. The van der Waals surface area contributed by atoms with Gasteiger partial charge in [-0.15, -0.1) is 11.3 Å². The molecule has 3 aromatic rings. The van der Waals surface area contributed by atoms with Gasteiger partial charge in [0.2, 0.25) is 5.91 Å². The number of hydrogen-bond donors (Lipinski definition) is 1. The van der Waals surface area contributed by atoms with Gasteiger partial charge in [0.05, 0.1) is 22.1 Å². The van der Waals surface area contributed by atoms with Crippen LogP contribution in [0.3, 0.4) is 0 Å². The summed E-state index contributed by atoms with van der Waals surface area (Å²) in [4.78, 5) is 25.1. The van der Waals surface area contributed by atoms with Crippen molar-refractivity contribution in [3.8, 4) is 16.2 Å². The minimum atomic E-state index is -0.237. The number of carbonyl (C=O) groups excluding carboxylic acids is 2. The Bertz CT molecular complexity index is 1080. The summed E-state index contributed by atoms with van der Waals surface area (Å²) in [5.41, 5.74) is 2.45. The van der Waals surface area contributed by atoms with Gasteiger partial charge in [0.1, 0.15) is 18.1 Å². The quantitative estimate of drug-likeness (QED) is 0.297. The Kier molecular flexibility index (Phi) is 7.07. The Morgan fingerprint density at radius 3 is 2.70 bits per heavy atom. The lowest BCUT2D eigenvalue weighted by Gasteiger charge is -2.09. The number of rotatable bonds is 8. The van der Waals surface area contributed by atoms with Gasteiger partial charge in [0.25, 0.3) is 0 Å². The van der Waals surface area contributed by atoms with Crippen molar-refractivity contribution in [3.63, 3.8) is 0 Å². The highest BCUT2D eigenvalue weighted by molar-refractivity contribution is 7.17. The Balaban J connectivity index is 1.50. The van der Waals surface area contributed by atoms with E-state index in [4.69, 9.17) is 20.9 Å². The van der Waals surface area contributed by atoms with Gasteiger partial charge in [0.15, 0.2) is 5.78 Å². The Morgan fingerprint density at radius 1 is 1.27 bits per heavy atom. The SMILES string of the molecule is CC(=O)c1ccc(-c2ccc(OCCNC(=O)C=Cc3c(C)noc3C)c(Cl)c2)s1. The third-order valence-corrected chi connectivity index (χ3v) is 5.85. The van der Waals surface area contributed by atoms with E-state index in [1.807, 2.05) is 25.1 Å². The molecule has 0 bridgehead atoms. The van der Waals surface area contributed by atoms with Crippen molar-refractivity contribution < 1.29 is 18.8 Å². The van der Waals surface area contributed by atoms with Crippen LogP contribution in [0.1, 0.15) is 33.6 Å². The number of aryl methyl sites for hydroxylation is 2. The largest absolute Gasteiger partial charge is 0.490 e. The zero-order valence-electron chi connectivity index (χ0n) is 16.8. The first kappa shape index (κ1) is 21.8. The lowest BCUT2D eigenvalue weighted by molar-refractivity contribution is -0.116. The number of aromatic nitrogens is 1. The van der Waals surface area contributed by atoms with Crippen LogP contribution in [0.15, 0.2) is 40.9 Å². The highest BCUT2D eigenvalue weighted by atomic mass is 35.5. The number of nitrogens with zero attached hydrogens (tertiary/aromatic N) is 1. The number of ketones is 1. The molecule has 0 fully saturated rings.